The summed E-state index contributed by atoms with van der Waals surface area (Å²) in [5, 5.41) is 3.59. The van der Waals surface area contributed by atoms with Crippen LogP contribution >= 0.6 is 0 Å². The standard InChI is InChI=1S/C53H34N4/c1-3-12-33(13-4-1)45-32-46(56-53(55-45)38-14-5-2-6-15-38)34-24-28-39(29-25-34)57-47-21-10-8-19-43(47)50-42-18-7-9-20-44(42)54-51(52(50)57)41-31-27-37-23-22-35-16-11-17-36-26-30-40(41)49(37)48(35)36/h1-16,18-32,49H,17H2. The minimum absolute atomic E-state index is 0.199. The highest BCUT2D eigenvalue weighted by molar-refractivity contribution is 6.23. The summed E-state index contributed by atoms with van der Waals surface area (Å²) in [7, 11) is 0. The van der Waals surface area contributed by atoms with E-state index in [0.29, 0.717) is 5.82 Å². The second-order valence-corrected chi connectivity index (χ2v) is 15.1. The van der Waals surface area contributed by atoms with E-state index in [1.165, 1.54) is 44.2 Å². The number of nitrogens with zero attached hydrogens (tertiary/aromatic N) is 4. The van der Waals surface area contributed by atoms with Gasteiger partial charge in [0.2, 0.25) is 0 Å². The van der Waals surface area contributed by atoms with Gasteiger partial charge < -0.3 is 4.57 Å². The number of benzene rings is 5. The van der Waals surface area contributed by atoms with Crippen molar-refractivity contribution in [1.29, 1.82) is 0 Å². The van der Waals surface area contributed by atoms with Crippen LogP contribution in [0.15, 0.2) is 216 Å². The van der Waals surface area contributed by atoms with Crippen LogP contribution in [0.1, 0.15) is 12.1 Å². The van der Waals surface area contributed by atoms with E-state index < -0.39 is 0 Å². The molecule has 3 aromatic heterocycles. The Morgan fingerprint density at radius 2 is 1.26 bits per heavy atom. The second kappa shape index (κ2) is 12.6. The van der Waals surface area contributed by atoms with Crippen LogP contribution in [-0.2, 0) is 0 Å². The molecule has 4 nitrogen and oxygen atoms in total. The summed E-state index contributed by atoms with van der Waals surface area (Å²) in [6.45, 7) is 0. The van der Waals surface area contributed by atoms with Gasteiger partial charge in [-0.05, 0) is 64.6 Å². The topological polar surface area (TPSA) is 43.6 Å². The summed E-state index contributed by atoms with van der Waals surface area (Å²) >= 11 is 0. The molecule has 266 valence electrons. The number of hydrogen-bond donors (Lipinski definition) is 0. The number of rotatable bonds is 5. The summed E-state index contributed by atoms with van der Waals surface area (Å²) in [5.41, 5.74) is 18.2. The van der Waals surface area contributed by atoms with Crippen molar-refractivity contribution in [2.24, 2.45) is 5.92 Å². The monoisotopic (exact) mass is 726 g/mol. The molecule has 0 amide bonds. The van der Waals surface area contributed by atoms with Crippen molar-refractivity contribution >= 4 is 38.3 Å². The van der Waals surface area contributed by atoms with E-state index in [9.17, 15) is 0 Å². The van der Waals surface area contributed by atoms with E-state index in [4.69, 9.17) is 15.0 Å². The molecule has 57 heavy (non-hydrogen) atoms. The van der Waals surface area contributed by atoms with Crippen LogP contribution < -0.4 is 0 Å². The van der Waals surface area contributed by atoms with Crippen molar-refractivity contribution in [3.8, 4) is 39.6 Å². The third-order valence-corrected chi connectivity index (χ3v) is 11.9. The van der Waals surface area contributed by atoms with Crippen LogP contribution in [0.3, 0.4) is 0 Å². The molecule has 0 spiro atoms. The first-order valence-corrected chi connectivity index (χ1v) is 19.6. The Morgan fingerprint density at radius 1 is 0.561 bits per heavy atom. The molecule has 0 radical (unpaired) electrons. The number of aromatic nitrogens is 4. The van der Waals surface area contributed by atoms with E-state index in [0.717, 1.165) is 67.8 Å². The highest BCUT2D eigenvalue weighted by Crippen LogP contribution is 2.52. The molecule has 0 fully saturated rings. The molecular formula is C53H34N4. The zero-order chi connectivity index (χ0) is 37.5. The zero-order valence-corrected chi connectivity index (χ0v) is 31.0. The molecule has 0 saturated carbocycles. The van der Waals surface area contributed by atoms with E-state index in [1.54, 1.807) is 0 Å². The van der Waals surface area contributed by atoms with Gasteiger partial charge >= 0.3 is 0 Å². The predicted molar refractivity (Wildman–Crippen MR) is 234 cm³/mol. The molecule has 4 heteroatoms. The number of allylic oxidation sites excluding steroid dienone is 14. The van der Waals surface area contributed by atoms with Gasteiger partial charge in [0.15, 0.2) is 5.82 Å². The average Bonchev–Trinajstić information content (AvgIpc) is 3.64. The highest BCUT2D eigenvalue weighted by atomic mass is 15.0. The smallest absolute Gasteiger partial charge is 0.160 e. The third kappa shape index (κ3) is 4.97. The van der Waals surface area contributed by atoms with E-state index in [2.05, 4.69) is 168 Å². The van der Waals surface area contributed by atoms with Crippen molar-refractivity contribution in [2.45, 2.75) is 6.42 Å². The maximum Gasteiger partial charge on any atom is 0.160 e. The maximum atomic E-state index is 5.56. The van der Waals surface area contributed by atoms with Crippen LogP contribution in [-0.4, -0.2) is 19.5 Å². The molecule has 12 rings (SSSR count). The molecular weight excluding hydrogens is 693 g/mol. The SMILES string of the molecule is C1=CC2=C3C(=CC=C4C(c5nc6ccccc6c6c7ccccc7n(-c7ccc(-c8cc(-c9ccccc9)nc(-c9ccccc9)n8)cc7)c56)=CC=C(C=C2)C43)C1. The van der Waals surface area contributed by atoms with Crippen molar-refractivity contribution in [1.82, 2.24) is 19.5 Å². The van der Waals surface area contributed by atoms with Crippen LogP contribution in [0.25, 0.3) is 77.9 Å². The van der Waals surface area contributed by atoms with Gasteiger partial charge in [-0.25, -0.2) is 15.0 Å². The number of hydrogen-bond acceptors (Lipinski definition) is 3. The first-order valence-electron chi connectivity index (χ1n) is 19.6. The Morgan fingerprint density at radius 3 is 2.07 bits per heavy atom. The molecule has 3 heterocycles. The Bertz CT molecular complexity index is 3160. The average molecular weight is 727 g/mol. The number of fused-ring (bicyclic) bond motifs is 5. The van der Waals surface area contributed by atoms with Gasteiger partial charge in [0, 0.05) is 50.0 Å². The Hall–Kier alpha value is -7.43. The first kappa shape index (κ1) is 31.9. The predicted octanol–water partition coefficient (Wildman–Crippen LogP) is 12.8. The second-order valence-electron chi connectivity index (χ2n) is 15.1. The lowest BCUT2D eigenvalue weighted by Gasteiger charge is -2.37. The van der Waals surface area contributed by atoms with E-state index in [-0.39, 0.29) is 5.92 Å². The van der Waals surface area contributed by atoms with E-state index >= 15 is 0 Å². The maximum absolute atomic E-state index is 5.56. The summed E-state index contributed by atoms with van der Waals surface area (Å²) in [6.07, 6.45) is 19.5. The molecule has 1 unspecified atom stereocenters. The van der Waals surface area contributed by atoms with Crippen molar-refractivity contribution in [3.05, 3.63) is 222 Å². The largest absolute Gasteiger partial charge is 0.307 e. The lowest BCUT2D eigenvalue weighted by molar-refractivity contribution is 0.836. The van der Waals surface area contributed by atoms with Gasteiger partial charge in [0.25, 0.3) is 0 Å². The summed E-state index contributed by atoms with van der Waals surface area (Å²) in [6, 6.07) is 48.9. The molecule has 0 saturated heterocycles. The van der Waals surface area contributed by atoms with Crippen LogP contribution in [0.5, 0.6) is 0 Å². The fraction of sp³-hybridized carbons (Fsp3) is 0.0377. The van der Waals surface area contributed by atoms with Crippen LogP contribution in [0.2, 0.25) is 0 Å². The minimum atomic E-state index is 0.199. The minimum Gasteiger partial charge on any atom is -0.307 e. The van der Waals surface area contributed by atoms with Gasteiger partial charge in [-0.15, -0.1) is 0 Å². The van der Waals surface area contributed by atoms with Crippen LogP contribution in [0, 0.1) is 5.92 Å². The molecule has 8 aromatic rings. The summed E-state index contributed by atoms with van der Waals surface area (Å²) < 4.78 is 2.42. The lowest BCUT2D eigenvalue weighted by atomic mass is 9.67. The lowest BCUT2D eigenvalue weighted by Crippen LogP contribution is -2.22. The fourth-order valence-corrected chi connectivity index (χ4v) is 9.31. The molecule has 0 aliphatic heterocycles. The molecule has 4 aliphatic carbocycles. The molecule has 4 aliphatic rings. The van der Waals surface area contributed by atoms with Crippen LogP contribution in [0.4, 0.5) is 0 Å². The van der Waals surface area contributed by atoms with Crippen molar-refractivity contribution < 1.29 is 0 Å². The normalized spacial score (nSPS) is 16.7. The van der Waals surface area contributed by atoms with Crippen molar-refractivity contribution in [3.63, 3.8) is 0 Å². The van der Waals surface area contributed by atoms with Gasteiger partial charge in [0.05, 0.1) is 33.6 Å². The zero-order valence-electron chi connectivity index (χ0n) is 31.0. The fourth-order valence-electron chi connectivity index (χ4n) is 9.31. The Balaban J connectivity index is 1.07. The van der Waals surface area contributed by atoms with Gasteiger partial charge in [-0.3, -0.25) is 0 Å². The van der Waals surface area contributed by atoms with Gasteiger partial charge in [-0.1, -0.05) is 158 Å². The number of pyridine rings is 1. The van der Waals surface area contributed by atoms with E-state index in [1.807, 2.05) is 24.3 Å². The molecule has 5 aromatic carbocycles. The molecule has 0 bridgehead atoms. The molecule has 0 N–H and O–H groups in total. The Labute approximate surface area is 330 Å². The number of para-hydroxylation sites is 2. The van der Waals surface area contributed by atoms with Gasteiger partial charge in [0.1, 0.15) is 0 Å². The van der Waals surface area contributed by atoms with Crippen molar-refractivity contribution in [2.75, 3.05) is 0 Å². The summed E-state index contributed by atoms with van der Waals surface area (Å²) in [5.74, 6) is 0.906. The highest BCUT2D eigenvalue weighted by Gasteiger charge is 2.36. The summed E-state index contributed by atoms with van der Waals surface area (Å²) in [4.78, 5) is 15.7. The molecule has 1 atom stereocenters. The quantitative estimate of drug-likeness (QED) is 0.177. The third-order valence-electron chi connectivity index (χ3n) is 11.9. The van der Waals surface area contributed by atoms with Gasteiger partial charge in [-0.2, -0.15) is 0 Å². The first-order chi connectivity index (χ1) is 28.3. The Kier molecular flexibility index (Phi) is 7.02.